The maximum Gasteiger partial charge on any atom is -0.0166 e. The largest absolute Gasteiger partial charge is 0.103 e. The van der Waals surface area contributed by atoms with E-state index in [4.69, 9.17) is 0 Å². The normalized spacial score (nSPS) is 13.5. The van der Waals surface area contributed by atoms with Crippen LogP contribution in [0.15, 0.2) is 36.0 Å². The molecule has 0 nitrogen and oxygen atoms in total. The van der Waals surface area contributed by atoms with Gasteiger partial charge in [0.25, 0.3) is 0 Å². The molecular formula is C10H16. The molecule has 56 valence electrons. The Morgan fingerprint density at radius 3 is 2.30 bits per heavy atom. The van der Waals surface area contributed by atoms with Gasteiger partial charge in [-0.05, 0) is 27.2 Å². The second kappa shape index (κ2) is 5.04. The van der Waals surface area contributed by atoms with Crippen molar-refractivity contribution in [3.63, 3.8) is 0 Å². The van der Waals surface area contributed by atoms with Gasteiger partial charge in [0, 0.05) is 0 Å². The summed E-state index contributed by atoms with van der Waals surface area (Å²) in [4.78, 5) is 0. The van der Waals surface area contributed by atoms with Gasteiger partial charge in [-0.25, -0.2) is 0 Å². The van der Waals surface area contributed by atoms with Gasteiger partial charge in [-0.15, -0.1) is 6.58 Å². The van der Waals surface area contributed by atoms with Crippen LogP contribution in [0.1, 0.15) is 27.2 Å². The van der Waals surface area contributed by atoms with Crippen LogP contribution in [-0.2, 0) is 0 Å². The zero-order valence-electron chi connectivity index (χ0n) is 7.15. The lowest BCUT2D eigenvalue weighted by Crippen LogP contribution is -1.76. The maximum atomic E-state index is 3.65. The summed E-state index contributed by atoms with van der Waals surface area (Å²) in [6.07, 6.45) is 7.18. The average Bonchev–Trinajstić information content (AvgIpc) is 1.98. The molecule has 0 radical (unpaired) electrons. The molecule has 0 aliphatic heterocycles. The molecular weight excluding hydrogens is 120 g/mol. The number of hydrogen-bond donors (Lipinski definition) is 0. The first kappa shape index (κ1) is 9.22. The van der Waals surface area contributed by atoms with Crippen LogP contribution in [0, 0.1) is 0 Å². The molecule has 0 saturated heterocycles. The minimum atomic E-state index is 0.969. The number of allylic oxidation sites excluding steroid dienone is 5. The molecule has 0 fully saturated rings. The Morgan fingerprint density at radius 2 is 1.90 bits per heavy atom. The van der Waals surface area contributed by atoms with Crippen molar-refractivity contribution in [2.24, 2.45) is 0 Å². The quantitative estimate of drug-likeness (QED) is 0.411. The Labute approximate surface area is 64.0 Å². The summed E-state index contributed by atoms with van der Waals surface area (Å²) >= 11 is 0. The summed E-state index contributed by atoms with van der Waals surface area (Å²) in [7, 11) is 0. The standard InChI is InChI=1S/C10H16/c1-5-7-8-10(4)9(3)6-2/h5-6,8H,1,7H2,2-4H3/b9-6-,10-8-. The van der Waals surface area contributed by atoms with Gasteiger partial charge in [-0.1, -0.05) is 29.4 Å². The van der Waals surface area contributed by atoms with Crippen molar-refractivity contribution < 1.29 is 0 Å². The van der Waals surface area contributed by atoms with Crippen molar-refractivity contribution in [1.29, 1.82) is 0 Å². The molecule has 0 spiro atoms. The summed E-state index contributed by atoms with van der Waals surface area (Å²) in [6.45, 7) is 9.95. The minimum Gasteiger partial charge on any atom is -0.103 e. The van der Waals surface area contributed by atoms with Gasteiger partial charge in [0.1, 0.15) is 0 Å². The lowest BCUT2D eigenvalue weighted by Gasteiger charge is -1.97. The molecule has 0 aliphatic carbocycles. The highest BCUT2D eigenvalue weighted by atomic mass is 13.9. The number of rotatable bonds is 3. The molecule has 0 atom stereocenters. The van der Waals surface area contributed by atoms with Gasteiger partial charge in [0.15, 0.2) is 0 Å². The fourth-order valence-corrected chi connectivity index (χ4v) is 0.649. The summed E-state index contributed by atoms with van der Waals surface area (Å²) in [5.41, 5.74) is 2.70. The van der Waals surface area contributed by atoms with Crippen LogP contribution in [0.25, 0.3) is 0 Å². The molecule has 0 heterocycles. The second-order valence-electron chi connectivity index (χ2n) is 2.38. The van der Waals surface area contributed by atoms with Crippen LogP contribution in [-0.4, -0.2) is 0 Å². The smallest absolute Gasteiger partial charge is 0.0166 e. The highest BCUT2D eigenvalue weighted by Gasteiger charge is 1.87. The molecule has 0 bridgehead atoms. The molecule has 0 aromatic heterocycles. The van der Waals surface area contributed by atoms with E-state index in [1.54, 1.807) is 0 Å². The van der Waals surface area contributed by atoms with Crippen molar-refractivity contribution in [3.05, 3.63) is 36.0 Å². The lowest BCUT2D eigenvalue weighted by atomic mass is 10.1. The molecule has 0 rings (SSSR count). The van der Waals surface area contributed by atoms with Crippen LogP contribution in [0.3, 0.4) is 0 Å². The van der Waals surface area contributed by atoms with Crippen molar-refractivity contribution in [2.45, 2.75) is 27.2 Å². The van der Waals surface area contributed by atoms with Crippen LogP contribution < -0.4 is 0 Å². The molecule has 0 heteroatoms. The van der Waals surface area contributed by atoms with E-state index in [0.29, 0.717) is 0 Å². The van der Waals surface area contributed by atoms with E-state index in [0.717, 1.165) is 6.42 Å². The van der Waals surface area contributed by atoms with Crippen molar-refractivity contribution in [1.82, 2.24) is 0 Å². The highest BCUT2D eigenvalue weighted by Crippen LogP contribution is 2.07. The van der Waals surface area contributed by atoms with Crippen LogP contribution in [0.5, 0.6) is 0 Å². The summed E-state index contributed by atoms with van der Waals surface area (Å²) < 4.78 is 0. The van der Waals surface area contributed by atoms with E-state index >= 15 is 0 Å². The molecule has 0 unspecified atom stereocenters. The predicted octanol–water partition coefficient (Wildman–Crippen LogP) is 3.48. The van der Waals surface area contributed by atoms with Gasteiger partial charge >= 0.3 is 0 Å². The van der Waals surface area contributed by atoms with Crippen molar-refractivity contribution in [3.8, 4) is 0 Å². The van der Waals surface area contributed by atoms with Gasteiger partial charge in [-0.3, -0.25) is 0 Å². The Hall–Kier alpha value is -0.780. The predicted molar refractivity (Wildman–Crippen MR) is 48.0 cm³/mol. The van der Waals surface area contributed by atoms with Gasteiger partial charge < -0.3 is 0 Å². The lowest BCUT2D eigenvalue weighted by molar-refractivity contribution is 1.26. The monoisotopic (exact) mass is 136 g/mol. The van der Waals surface area contributed by atoms with Crippen molar-refractivity contribution >= 4 is 0 Å². The average molecular weight is 136 g/mol. The Kier molecular flexibility index (Phi) is 4.65. The van der Waals surface area contributed by atoms with Crippen molar-refractivity contribution in [2.75, 3.05) is 0 Å². The van der Waals surface area contributed by atoms with E-state index in [9.17, 15) is 0 Å². The van der Waals surface area contributed by atoms with Gasteiger partial charge in [0.05, 0.1) is 0 Å². The van der Waals surface area contributed by atoms with Crippen LogP contribution >= 0.6 is 0 Å². The first-order valence-corrected chi connectivity index (χ1v) is 3.63. The highest BCUT2D eigenvalue weighted by molar-refractivity contribution is 5.26. The van der Waals surface area contributed by atoms with Gasteiger partial charge in [-0.2, -0.15) is 0 Å². The fourth-order valence-electron chi connectivity index (χ4n) is 0.649. The molecule has 0 saturated carbocycles. The second-order valence-corrected chi connectivity index (χ2v) is 2.38. The maximum absolute atomic E-state index is 3.65. The van der Waals surface area contributed by atoms with E-state index in [1.165, 1.54) is 11.1 Å². The number of hydrogen-bond acceptors (Lipinski definition) is 0. The molecule has 0 amide bonds. The Bertz CT molecular complexity index is 159. The van der Waals surface area contributed by atoms with Gasteiger partial charge in [0.2, 0.25) is 0 Å². The zero-order chi connectivity index (χ0) is 7.98. The van der Waals surface area contributed by atoms with Crippen LogP contribution in [0.2, 0.25) is 0 Å². The van der Waals surface area contributed by atoms with E-state index in [-0.39, 0.29) is 0 Å². The SMILES string of the molecule is C=CC/C=C(C)\C(C)=C/C. The molecule has 0 aromatic carbocycles. The van der Waals surface area contributed by atoms with Crippen LogP contribution in [0.4, 0.5) is 0 Å². The first-order valence-electron chi connectivity index (χ1n) is 3.63. The van der Waals surface area contributed by atoms with E-state index in [1.807, 2.05) is 6.08 Å². The Morgan fingerprint density at radius 1 is 1.30 bits per heavy atom. The van der Waals surface area contributed by atoms with E-state index < -0.39 is 0 Å². The summed E-state index contributed by atoms with van der Waals surface area (Å²) in [5.74, 6) is 0. The topological polar surface area (TPSA) is 0 Å². The third-order valence-electron chi connectivity index (χ3n) is 1.65. The molecule has 10 heavy (non-hydrogen) atoms. The molecule has 0 N–H and O–H groups in total. The minimum absolute atomic E-state index is 0.969. The molecule has 0 aliphatic rings. The third-order valence-corrected chi connectivity index (χ3v) is 1.65. The van der Waals surface area contributed by atoms with E-state index in [2.05, 4.69) is 39.5 Å². The third kappa shape index (κ3) is 3.29. The zero-order valence-corrected chi connectivity index (χ0v) is 7.15. The summed E-state index contributed by atoms with van der Waals surface area (Å²) in [5, 5.41) is 0. The fraction of sp³-hybridized carbons (Fsp3) is 0.400. The summed E-state index contributed by atoms with van der Waals surface area (Å²) in [6, 6.07) is 0. The first-order chi connectivity index (χ1) is 4.72. The Balaban J connectivity index is 4.05. The molecule has 0 aromatic rings.